The zero-order valence-corrected chi connectivity index (χ0v) is 15.0. The van der Waals surface area contributed by atoms with Crippen molar-refractivity contribution in [2.24, 2.45) is 0 Å². The molecule has 142 valence electrons. The first-order chi connectivity index (χ1) is 12.9. The molecule has 2 aromatic carbocycles. The van der Waals surface area contributed by atoms with Crippen LogP contribution in [0.2, 0.25) is 0 Å². The Balaban J connectivity index is 1.77. The van der Waals surface area contributed by atoms with Crippen LogP contribution >= 0.6 is 0 Å². The molecule has 0 spiro atoms. The topological polar surface area (TPSA) is 99.0 Å². The normalized spacial score (nSPS) is 11.3. The quantitative estimate of drug-likeness (QED) is 0.401. The molecule has 0 saturated carbocycles. The lowest BCUT2D eigenvalue weighted by Crippen LogP contribution is -2.34. The van der Waals surface area contributed by atoms with Crippen molar-refractivity contribution in [2.75, 3.05) is 20.3 Å². The number of amides is 1. The Labute approximate surface area is 156 Å². The van der Waals surface area contributed by atoms with Gasteiger partial charge < -0.3 is 14.4 Å². The fraction of sp³-hybridized carbons (Fsp3) is 0.263. The molecule has 1 amide bonds. The van der Waals surface area contributed by atoms with Crippen LogP contribution in [-0.2, 0) is 14.3 Å². The summed E-state index contributed by atoms with van der Waals surface area (Å²) >= 11 is 0. The molecular formula is C19H20N2O6. The van der Waals surface area contributed by atoms with E-state index in [9.17, 15) is 19.7 Å². The fourth-order valence-electron chi connectivity index (χ4n) is 2.26. The summed E-state index contributed by atoms with van der Waals surface area (Å²) in [5, 5.41) is 10.6. The molecular weight excluding hydrogens is 352 g/mol. The predicted molar refractivity (Wildman–Crippen MR) is 97.2 cm³/mol. The first kappa shape index (κ1) is 19.9. The molecule has 0 fully saturated rings. The third kappa shape index (κ3) is 5.81. The van der Waals surface area contributed by atoms with Crippen molar-refractivity contribution in [1.29, 1.82) is 0 Å². The molecule has 27 heavy (non-hydrogen) atoms. The highest BCUT2D eigenvalue weighted by atomic mass is 16.6. The van der Waals surface area contributed by atoms with Crippen LogP contribution in [0.25, 0.3) is 0 Å². The number of carbonyl (C=O) groups excluding carboxylic acids is 2. The minimum Gasteiger partial charge on any atom is -0.482 e. The summed E-state index contributed by atoms with van der Waals surface area (Å²) in [6.07, 6.45) is 0. The number of carbonyl (C=O) groups is 2. The Bertz CT molecular complexity index is 792. The van der Waals surface area contributed by atoms with Gasteiger partial charge in [-0.15, -0.1) is 0 Å². The van der Waals surface area contributed by atoms with Crippen LogP contribution in [0.3, 0.4) is 0 Å². The summed E-state index contributed by atoms with van der Waals surface area (Å²) in [6.45, 7) is 1.09. The van der Waals surface area contributed by atoms with E-state index in [0.717, 1.165) is 5.56 Å². The Kier molecular flexibility index (Phi) is 6.87. The van der Waals surface area contributed by atoms with Crippen molar-refractivity contribution in [1.82, 2.24) is 4.90 Å². The van der Waals surface area contributed by atoms with E-state index in [1.807, 2.05) is 37.3 Å². The highest BCUT2D eigenvalue weighted by molar-refractivity contribution is 5.81. The molecule has 2 rings (SSSR count). The van der Waals surface area contributed by atoms with Gasteiger partial charge in [-0.25, -0.2) is 4.79 Å². The molecule has 0 heterocycles. The number of esters is 1. The number of nitro benzene ring substituents is 1. The Morgan fingerprint density at radius 1 is 1.07 bits per heavy atom. The van der Waals surface area contributed by atoms with Gasteiger partial charge in [-0.05, 0) is 24.6 Å². The van der Waals surface area contributed by atoms with Crippen LogP contribution in [-0.4, -0.2) is 42.0 Å². The van der Waals surface area contributed by atoms with E-state index >= 15 is 0 Å². The Morgan fingerprint density at radius 2 is 1.70 bits per heavy atom. The van der Waals surface area contributed by atoms with Crippen molar-refractivity contribution < 1.29 is 24.0 Å². The number of nitrogens with zero attached hydrogens (tertiary/aromatic N) is 2. The standard InChI is InChI=1S/C19H20N2O6/c1-14(15-6-4-3-5-7-15)20(2)18(22)12-27-19(23)13-26-17-10-8-16(9-11-17)21(24)25/h3-11,14H,12-13H2,1-2H3/t14-/m1/s1. The van der Waals surface area contributed by atoms with Gasteiger partial charge in [0.25, 0.3) is 11.6 Å². The number of hydrogen-bond acceptors (Lipinski definition) is 6. The van der Waals surface area contributed by atoms with Crippen LogP contribution in [0.1, 0.15) is 18.5 Å². The Hall–Kier alpha value is -3.42. The van der Waals surface area contributed by atoms with Crippen LogP contribution in [0.5, 0.6) is 5.75 Å². The number of likely N-dealkylation sites (N-methyl/N-ethyl adjacent to an activating group) is 1. The van der Waals surface area contributed by atoms with Crippen LogP contribution < -0.4 is 4.74 Å². The second-order valence-electron chi connectivity index (χ2n) is 5.79. The number of benzene rings is 2. The van der Waals surface area contributed by atoms with E-state index < -0.39 is 24.1 Å². The minimum atomic E-state index is -0.706. The molecule has 0 aliphatic heterocycles. The summed E-state index contributed by atoms with van der Waals surface area (Å²) in [5.41, 5.74) is 0.896. The zero-order valence-electron chi connectivity index (χ0n) is 15.0. The number of rotatable bonds is 8. The number of nitro groups is 1. The van der Waals surface area contributed by atoms with E-state index in [4.69, 9.17) is 9.47 Å². The maximum Gasteiger partial charge on any atom is 0.344 e. The molecule has 1 atom stereocenters. The van der Waals surface area contributed by atoms with Gasteiger partial charge in [0.15, 0.2) is 13.2 Å². The van der Waals surface area contributed by atoms with E-state index in [-0.39, 0.29) is 17.6 Å². The average molecular weight is 372 g/mol. The summed E-state index contributed by atoms with van der Waals surface area (Å²) in [4.78, 5) is 35.5. The van der Waals surface area contributed by atoms with Gasteiger partial charge in [0, 0.05) is 19.2 Å². The van der Waals surface area contributed by atoms with Gasteiger partial charge in [0.1, 0.15) is 5.75 Å². The SMILES string of the molecule is C[C@H](c1ccccc1)N(C)C(=O)COC(=O)COc1ccc([N+](=O)[O-])cc1. The third-order valence-corrected chi connectivity index (χ3v) is 4.02. The van der Waals surface area contributed by atoms with Gasteiger partial charge in [0.2, 0.25) is 0 Å². The van der Waals surface area contributed by atoms with Crippen LogP contribution in [0.4, 0.5) is 5.69 Å². The molecule has 2 aromatic rings. The second-order valence-corrected chi connectivity index (χ2v) is 5.79. The maximum atomic E-state index is 12.2. The third-order valence-electron chi connectivity index (χ3n) is 4.02. The molecule has 0 aliphatic carbocycles. The van der Waals surface area contributed by atoms with E-state index in [1.54, 1.807) is 7.05 Å². The van der Waals surface area contributed by atoms with Crippen molar-refractivity contribution in [3.63, 3.8) is 0 Å². The summed E-state index contributed by atoms with van der Waals surface area (Å²) < 4.78 is 10.1. The van der Waals surface area contributed by atoms with E-state index in [2.05, 4.69) is 0 Å². The maximum absolute atomic E-state index is 12.2. The average Bonchev–Trinajstić information content (AvgIpc) is 2.70. The van der Waals surface area contributed by atoms with Gasteiger partial charge >= 0.3 is 5.97 Å². The van der Waals surface area contributed by atoms with Crippen LogP contribution in [0.15, 0.2) is 54.6 Å². The summed E-state index contributed by atoms with van der Waals surface area (Å²) in [5.74, 6) is -0.754. The van der Waals surface area contributed by atoms with Gasteiger partial charge in [0.05, 0.1) is 11.0 Å². The first-order valence-electron chi connectivity index (χ1n) is 8.22. The monoisotopic (exact) mass is 372 g/mol. The molecule has 0 unspecified atom stereocenters. The molecule has 0 saturated heterocycles. The smallest absolute Gasteiger partial charge is 0.344 e. The van der Waals surface area contributed by atoms with Gasteiger partial charge in [-0.2, -0.15) is 0 Å². The van der Waals surface area contributed by atoms with Crippen molar-refractivity contribution in [3.05, 3.63) is 70.3 Å². The molecule has 0 radical (unpaired) electrons. The van der Waals surface area contributed by atoms with Crippen LogP contribution in [0, 0.1) is 10.1 Å². The molecule has 8 nitrogen and oxygen atoms in total. The highest BCUT2D eigenvalue weighted by Gasteiger charge is 2.18. The molecule has 0 aliphatic rings. The highest BCUT2D eigenvalue weighted by Crippen LogP contribution is 2.19. The van der Waals surface area contributed by atoms with E-state index in [0.29, 0.717) is 5.75 Å². The number of hydrogen-bond donors (Lipinski definition) is 0. The van der Waals surface area contributed by atoms with Gasteiger partial charge in [-0.3, -0.25) is 14.9 Å². The predicted octanol–water partition coefficient (Wildman–Crippen LogP) is 2.74. The number of ether oxygens (including phenoxy) is 2. The van der Waals surface area contributed by atoms with E-state index in [1.165, 1.54) is 29.2 Å². The van der Waals surface area contributed by atoms with Crippen molar-refractivity contribution in [2.45, 2.75) is 13.0 Å². The van der Waals surface area contributed by atoms with Crippen molar-refractivity contribution in [3.8, 4) is 5.75 Å². The molecule has 0 aromatic heterocycles. The summed E-state index contributed by atoms with van der Waals surface area (Å²) in [6, 6.07) is 14.6. The van der Waals surface area contributed by atoms with Gasteiger partial charge in [-0.1, -0.05) is 30.3 Å². The largest absolute Gasteiger partial charge is 0.482 e. The lowest BCUT2D eigenvalue weighted by atomic mass is 10.1. The number of non-ortho nitro benzene ring substituents is 1. The fourth-order valence-corrected chi connectivity index (χ4v) is 2.26. The lowest BCUT2D eigenvalue weighted by Gasteiger charge is -2.25. The first-order valence-corrected chi connectivity index (χ1v) is 8.22. The lowest BCUT2D eigenvalue weighted by molar-refractivity contribution is -0.384. The molecule has 0 bridgehead atoms. The minimum absolute atomic E-state index is 0.0777. The zero-order chi connectivity index (χ0) is 19.8. The summed E-state index contributed by atoms with van der Waals surface area (Å²) in [7, 11) is 1.64. The second kappa shape index (κ2) is 9.33. The molecule has 0 N–H and O–H groups in total. The van der Waals surface area contributed by atoms with Crippen molar-refractivity contribution >= 4 is 17.6 Å². The molecule has 8 heteroatoms. The Morgan fingerprint density at radius 3 is 2.30 bits per heavy atom.